The average Bonchev–Trinajstić information content (AvgIpc) is 2.27. The molecule has 0 fully saturated rings. The molecule has 1 amide bonds. The topological polar surface area (TPSA) is 29.1 Å². The zero-order valence-corrected chi connectivity index (χ0v) is 9.21. The normalized spacial score (nSPS) is 12.9. The maximum absolute atomic E-state index is 12.1. The number of benzene rings is 1. The van der Waals surface area contributed by atoms with Crippen LogP contribution in [0.3, 0.4) is 0 Å². The van der Waals surface area contributed by atoms with Gasteiger partial charge in [-0.1, -0.05) is 36.9 Å². The Bertz CT molecular complexity index is 426. The fraction of sp³-hybridized carbons (Fsp3) is 0.250. The molecule has 0 aliphatic heterocycles. The Kier molecular flexibility index (Phi) is 3.93. The predicted octanol–water partition coefficient (Wildman–Crippen LogP) is 3.07. The first-order chi connectivity index (χ1) is 7.86. The van der Waals surface area contributed by atoms with Crippen LogP contribution in [0.1, 0.15) is 24.1 Å². The van der Waals surface area contributed by atoms with Crippen LogP contribution in [0.15, 0.2) is 30.8 Å². The van der Waals surface area contributed by atoms with Crippen molar-refractivity contribution in [2.75, 3.05) is 0 Å². The Morgan fingerprint density at radius 2 is 2.00 bits per heavy atom. The van der Waals surface area contributed by atoms with Gasteiger partial charge in [-0.15, -0.1) is 0 Å². The first-order valence-electron chi connectivity index (χ1n) is 4.95. The number of hydrogen-bond donors (Lipinski definition) is 1. The summed E-state index contributed by atoms with van der Waals surface area (Å²) in [4.78, 5) is 10.8. The van der Waals surface area contributed by atoms with E-state index in [4.69, 9.17) is 0 Å². The van der Waals surface area contributed by atoms with Crippen molar-refractivity contribution in [2.45, 2.75) is 19.1 Å². The molecule has 17 heavy (non-hydrogen) atoms. The fourth-order valence-corrected chi connectivity index (χ4v) is 1.45. The SMILES string of the molecule is C=Cc1ccccc1[C@H](C)NC(=O)C(F)(F)F. The maximum atomic E-state index is 12.1. The molecule has 0 aliphatic carbocycles. The van der Waals surface area contributed by atoms with Crippen LogP contribution in [0, 0.1) is 0 Å². The van der Waals surface area contributed by atoms with Crippen LogP contribution in [0.5, 0.6) is 0 Å². The van der Waals surface area contributed by atoms with Crippen LogP contribution in [-0.2, 0) is 4.79 Å². The molecule has 92 valence electrons. The number of carbonyl (C=O) groups excluding carboxylic acids is 1. The highest BCUT2D eigenvalue weighted by molar-refractivity contribution is 5.82. The molecule has 1 atom stereocenters. The van der Waals surface area contributed by atoms with Gasteiger partial charge in [0.1, 0.15) is 0 Å². The van der Waals surface area contributed by atoms with Crippen LogP contribution in [-0.4, -0.2) is 12.1 Å². The second-order valence-electron chi connectivity index (χ2n) is 3.53. The number of hydrogen-bond acceptors (Lipinski definition) is 1. The smallest absolute Gasteiger partial charge is 0.342 e. The molecule has 0 saturated carbocycles. The highest BCUT2D eigenvalue weighted by Gasteiger charge is 2.39. The van der Waals surface area contributed by atoms with E-state index >= 15 is 0 Å². The molecular formula is C12H12F3NO. The van der Waals surface area contributed by atoms with Crippen molar-refractivity contribution in [2.24, 2.45) is 0 Å². The van der Waals surface area contributed by atoms with Crippen molar-refractivity contribution < 1.29 is 18.0 Å². The molecule has 0 aromatic heterocycles. The van der Waals surface area contributed by atoms with E-state index in [9.17, 15) is 18.0 Å². The van der Waals surface area contributed by atoms with Gasteiger partial charge in [0.25, 0.3) is 0 Å². The van der Waals surface area contributed by atoms with Gasteiger partial charge in [-0.2, -0.15) is 13.2 Å². The quantitative estimate of drug-likeness (QED) is 0.868. The molecule has 0 heterocycles. The lowest BCUT2D eigenvalue weighted by Gasteiger charge is -2.17. The van der Waals surface area contributed by atoms with E-state index in [1.54, 1.807) is 24.3 Å². The van der Waals surface area contributed by atoms with Gasteiger partial charge in [0.05, 0.1) is 6.04 Å². The van der Waals surface area contributed by atoms with Gasteiger partial charge in [-0.05, 0) is 18.1 Å². The van der Waals surface area contributed by atoms with Gasteiger partial charge in [0, 0.05) is 0 Å². The Morgan fingerprint density at radius 3 is 2.53 bits per heavy atom. The zero-order valence-electron chi connectivity index (χ0n) is 9.21. The molecule has 0 saturated heterocycles. The van der Waals surface area contributed by atoms with E-state index < -0.39 is 18.1 Å². The predicted molar refractivity (Wildman–Crippen MR) is 59.1 cm³/mol. The summed E-state index contributed by atoms with van der Waals surface area (Å²) in [6.07, 6.45) is -3.33. The fourth-order valence-electron chi connectivity index (χ4n) is 1.45. The molecule has 0 spiro atoms. The highest BCUT2D eigenvalue weighted by Crippen LogP contribution is 2.21. The number of halogens is 3. The van der Waals surface area contributed by atoms with Crippen molar-refractivity contribution >= 4 is 12.0 Å². The van der Waals surface area contributed by atoms with Gasteiger partial charge in [-0.3, -0.25) is 4.79 Å². The van der Waals surface area contributed by atoms with Gasteiger partial charge in [0.15, 0.2) is 0 Å². The van der Waals surface area contributed by atoms with E-state index in [1.165, 1.54) is 13.0 Å². The molecule has 1 N–H and O–H groups in total. The minimum Gasteiger partial charge on any atom is -0.342 e. The Balaban J connectivity index is 2.87. The average molecular weight is 243 g/mol. The Labute approximate surface area is 97.1 Å². The largest absolute Gasteiger partial charge is 0.471 e. The number of alkyl halides is 3. The van der Waals surface area contributed by atoms with Crippen LogP contribution in [0.25, 0.3) is 6.08 Å². The zero-order chi connectivity index (χ0) is 13.1. The lowest BCUT2D eigenvalue weighted by molar-refractivity contribution is -0.174. The molecule has 1 rings (SSSR count). The molecule has 1 aromatic rings. The van der Waals surface area contributed by atoms with E-state index in [0.717, 1.165) is 0 Å². The van der Waals surface area contributed by atoms with E-state index in [-0.39, 0.29) is 0 Å². The van der Waals surface area contributed by atoms with E-state index in [2.05, 4.69) is 6.58 Å². The third kappa shape index (κ3) is 3.34. The maximum Gasteiger partial charge on any atom is 0.471 e. The van der Waals surface area contributed by atoms with Crippen molar-refractivity contribution in [1.82, 2.24) is 5.32 Å². The Hall–Kier alpha value is -1.78. The first-order valence-corrected chi connectivity index (χ1v) is 4.95. The van der Waals surface area contributed by atoms with Crippen LogP contribution >= 0.6 is 0 Å². The third-order valence-electron chi connectivity index (χ3n) is 2.29. The molecule has 5 heteroatoms. The molecule has 0 bridgehead atoms. The number of carbonyl (C=O) groups is 1. The summed E-state index contributed by atoms with van der Waals surface area (Å²) in [6, 6.07) is 6.09. The number of nitrogens with one attached hydrogen (secondary N) is 1. The van der Waals surface area contributed by atoms with Crippen LogP contribution in [0.4, 0.5) is 13.2 Å². The number of amides is 1. The van der Waals surface area contributed by atoms with E-state index in [1.807, 2.05) is 5.32 Å². The Morgan fingerprint density at radius 1 is 1.41 bits per heavy atom. The third-order valence-corrected chi connectivity index (χ3v) is 2.29. The van der Waals surface area contributed by atoms with Crippen LogP contribution in [0.2, 0.25) is 0 Å². The van der Waals surface area contributed by atoms with Crippen molar-refractivity contribution in [3.8, 4) is 0 Å². The van der Waals surface area contributed by atoms with Gasteiger partial charge in [-0.25, -0.2) is 0 Å². The summed E-state index contributed by atoms with van der Waals surface area (Å²) in [7, 11) is 0. The summed E-state index contributed by atoms with van der Waals surface area (Å²) in [5, 5.41) is 1.90. The van der Waals surface area contributed by atoms with Crippen molar-refractivity contribution in [1.29, 1.82) is 0 Å². The standard InChI is InChI=1S/C12H12F3NO/c1-3-9-6-4-5-7-10(9)8(2)16-11(17)12(13,14)15/h3-8H,1H2,2H3,(H,16,17)/t8-/m0/s1. The second-order valence-corrected chi connectivity index (χ2v) is 3.53. The summed E-state index contributed by atoms with van der Waals surface area (Å²) in [5.41, 5.74) is 1.29. The summed E-state index contributed by atoms with van der Waals surface area (Å²) >= 11 is 0. The lowest BCUT2D eigenvalue weighted by atomic mass is 10.0. The van der Waals surface area contributed by atoms with Gasteiger partial charge < -0.3 is 5.32 Å². The van der Waals surface area contributed by atoms with Crippen molar-refractivity contribution in [3.63, 3.8) is 0 Å². The lowest BCUT2D eigenvalue weighted by Crippen LogP contribution is -2.38. The number of rotatable bonds is 3. The van der Waals surface area contributed by atoms with Crippen LogP contribution < -0.4 is 5.32 Å². The van der Waals surface area contributed by atoms with E-state index in [0.29, 0.717) is 11.1 Å². The summed E-state index contributed by atoms with van der Waals surface area (Å²) < 4.78 is 36.2. The second kappa shape index (κ2) is 5.03. The summed E-state index contributed by atoms with van der Waals surface area (Å²) in [6.45, 7) is 5.06. The first kappa shape index (κ1) is 13.3. The minimum absolute atomic E-state index is 0.597. The molecular weight excluding hydrogens is 231 g/mol. The molecule has 0 aliphatic rings. The molecule has 2 nitrogen and oxygen atoms in total. The molecule has 1 aromatic carbocycles. The summed E-state index contributed by atoms with van der Waals surface area (Å²) in [5.74, 6) is -1.94. The van der Waals surface area contributed by atoms with Gasteiger partial charge >= 0.3 is 12.1 Å². The minimum atomic E-state index is -4.86. The van der Waals surface area contributed by atoms with Gasteiger partial charge in [0.2, 0.25) is 0 Å². The monoisotopic (exact) mass is 243 g/mol. The van der Waals surface area contributed by atoms with Crippen molar-refractivity contribution in [3.05, 3.63) is 42.0 Å². The molecule has 0 unspecified atom stereocenters. The highest BCUT2D eigenvalue weighted by atomic mass is 19.4. The molecule has 0 radical (unpaired) electrons.